The predicted octanol–water partition coefficient (Wildman–Crippen LogP) is 3.62. The summed E-state index contributed by atoms with van der Waals surface area (Å²) in [5.41, 5.74) is 0.671. The number of carbonyl (C=O) groups excluding carboxylic acids is 1. The van der Waals surface area contributed by atoms with Crippen LogP contribution >= 0.6 is 0 Å². The van der Waals surface area contributed by atoms with Gasteiger partial charge in [0, 0.05) is 31.5 Å². The average molecular weight is 431 g/mol. The molecule has 7 nitrogen and oxygen atoms in total. The highest BCUT2D eigenvalue weighted by molar-refractivity contribution is 6.62. The molecule has 1 aromatic rings. The summed E-state index contributed by atoms with van der Waals surface area (Å²) in [6.07, 6.45) is 0.917. The molecule has 3 aliphatic heterocycles. The van der Waals surface area contributed by atoms with Gasteiger partial charge in [-0.25, -0.2) is 4.79 Å². The summed E-state index contributed by atoms with van der Waals surface area (Å²) in [6, 6.07) is 6.01. The Morgan fingerprint density at radius 2 is 1.68 bits per heavy atom. The zero-order valence-electron chi connectivity index (χ0n) is 19.7. The monoisotopic (exact) mass is 431 g/mol. The molecule has 0 bridgehead atoms. The van der Waals surface area contributed by atoms with E-state index >= 15 is 0 Å². The third-order valence-corrected chi connectivity index (χ3v) is 6.57. The highest BCUT2D eigenvalue weighted by atomic mass is 16.7. The van der Waals surface area contributed by atoms with Crippen molar-refractivity contribution < 1.29 is 28.3 Å². The van der Waals surface area contributed by atoms with E-state index in [2.05, 4.69) is 0 Å². The molecule has 3 heterocycles. The molecule has 0 saturated carbocycles. The van der Waals surface area contributed by atoms with Gasteiger partial charge in [-0.15, -0.1) is 0 Å². The molecule has 8 heteroatoms. The Hall–Kier alpha value is -1.77. The lowest BCUT2D eigenvalue weighted by Crippen LogP contribution is -2.53. The van der Waals surface area contributed by atoms with Gasteiger partial charge in [0.2, 0.25) is 5.79 Å². The number of carbonyl (C=O) groups is 1. The van der Waals surface area contributed by atoms with Crippen molar-refractivity contribution in [3.63, 3.8) is 0 Å². The largest absolute Gasteiger partial charge is 0.494 e. The van der Waals surface area contributed by atoms with Crippen LogP contribution in [0.25, 0.3) is 0 Å². The number of piperidine rings is 1. The fourth-order valence-electron chi connectivity index (χ4n) is 3.98. The van der Waals surface area contributed by atoms with Crippen LogP contribution in [0.2, 0.25) is 0 Å². The second kappa shape index (κ2) is 7.39. The first-order valence-corrected chi connectivity index (χ1v) is 11.1. The first-order valence-electron chi connectivity index (χ1n) is 11.1. The van der Waals surface area contributed by atoms with Crippen molar-refractivity contribution in [1.82, 2.24) is 4.90 Å². The van der Waals surface area contributed by atoms with Gasteiger partial charge in [-0.2, -0.15) is 0 Å². The Morgan fingerprint density at radius 1 is 1.06 bits per heavy atom. The van der Waals surface area contributed by atoms with E-state index in [0.29, 0.717) is 32.5 Å². The van der Waals surface area contributed by atoms with Crippen molar-refractivity contribution in [2.75, 3.05) is 13.1 Å². The van der Waals surface area contributed by atoms with Crippen LogP contribution in [0.5, 0.6) is 5.75 Å². The fourth-order valence-corrected chi connectivity index (χ4v) is 3.98. The number of likely N-dealkylation sites (tertiary alicyclic amines) is 1. The molecule has 0 radical (unpaired) electrons. The molecule has 170 valence electrons. The van der Waals surface area contributed by atoms with Gasteiger partial charge < -0.3 is 28.4 Å². The molecule has 0 aromatic heterocycles. The van der Waals surface area contributed by atoms with Crippen molar-refractivity contribution in [3.8, 4) is 5.75 Å². The number of hydrogen-bond donors (Lipinski definition) is 0. The summed E-state index contributed by atoms with van der Waals surface area (Å²) in [7, 11) is -0.414. The van der Waals surface area contributed by atoms with Gasteiger partial charge in [0.15, 0.2) is 0 Å². The zero-order chi connectivity index (χ0) is 22.7. The Morgan fingerprint density at radius 3 is 2.26 bits per heavy atom. The molecule has 2 saturated heterocycles. The second-order valence-corrected chi connectivity index (χ2v) is 10.7. The van der Waals surface area contributed by atoms with Crippen LogP contribution < -0.4 is 10.2 Å². The average Bonchev–Trinajstić information content (AvgIpc) is 2.88. The molecule has 0 unspecified atom stereocenters. The molecule has 0 atom stereocenters. The molecule has 3 aliphatic rings. The Kier molecular flexibility index (Phi) is 5.35. The van der Waals surface area contributed by atoms with Gasteiger partial charge in [0.1, 0.15) is 11.4 Å². The molecule has 1 amide bonds. The number of rotatable bonds is 1. The minimum absolute atomic E-state index is 0.286. The molecule has 2 fully saturated rings. The molecule has 1 spiro atoms. The standard InChI is InChI=1S/C23H34BNO6/c1-20(2,3)29-19(26)25-12-10-23(11-13-25)27-15-16-14-17(8-9-18(16)28-23)24-30-21(4,5)22(6,7)31-24/h8-9,14H,10-13,15H2,1-7H3. The Labute approximate surface area is 185 Å². The minimum atomic E-state index is -0.697. The number of amides is 1. The number of ether oxygens (including phenoxy) is 3. The van der Waals surface area contributed by atoms with E-state index < -0.39 is 18.5 Å². The number of hydrogen-bond acceptors (Lipinski definition) is 6. The van der Waals surface area contributed by atoms with Crippen LogP contribution in [0.1, 0.15) is 66.9 Å². The lowest BCUT2D eigenvalue weighted by atomic mass is 9.78. The number of nitrogens with zero attached hydrogens (tertiary/aromatic N) is 1. The fraction of sp³-hybridized carbons (Fsp3) is 0.696. The summed E-state index contributed by atoms with van der Waals surface area (Å²) in [4.78, 5) is 14.1. The van der Waals surface area contributed by atoms with Gasteiger partial charge in [-0.05, 0) is 60.0 Å². The Balaban J connectivity index is 1.41. The molecular formula is C23H34BNO6. The van der Waals surface area contributed by atoms with E-state index in [0.717, 1.165) is 16.8 Å². The van der Waals surface area contributed by atoms with Crippen molar-refractivity contribution in [2.24, 2.45) is 0 Å². The van der Waals surface area contributed by atoms with Crippen LogP contribution in [0, 0.1) is 0 Å². The van der Waals surface area contributed by atoms with Gasteiger partial charge in [0.25, 0.3) is 0 Å². The van der Waals surface area contributed by atoms with Crippen molar-refractivity contribution >= 4 is 18.7 Å². The SMILES string of the molecule is CC(C)(C)OC(=O)N1CCC2(CC1)OCc1cc(B3OC(C)(C)C(C)(C)O3)ccc1O2. The first kappa shape index (κ1) is 22.4. The van der Waals surface area contributed by atoms with E-state index in [1.807, 2.05) is 66.7 Å². The van der Waals surface area contributed by atoms with Crippen molar-refractivity contribution in [1.29, 1.82) is 0 Å². The van der Waals surface area contributed by atoms with E-state index in [1.54, 1.807) is 4.90 Å². The van der Waals surface area contributed by atoms with Crippen LogP contribution in [0.4, 0.5) is 4.79 Å². The smallest absolute Gasteiger partial charge is 0.462 e. The van der Waals surface area contributed by atoms with Crippen molar-refractivity contribution in [2.45, 2.75) is 90.5 Å². The van der Waals surface area contributed by atoms with Gasteiger partial charge in [0.05, 0.1) is 17.8 Å². The van der Waals surface area contributed by atoms with Crippen LogP contribution in [0.3, 0.4) is 0 Å². The first-order chi connectivity index (χ1) is 14.3. The minimum Gasteiger partial charge on any atom is -0.462 e. The Bertz CT molecular complexity index is 838. The predicted molar refractivity (Wildman–Crippen MR) is 117 cm³/mol. The van der Waals surface area contributed by atoms with Crippen molar-refractivity contribution in [3.05, 3.63) is 23.8 Å². The third kappa shape index (κ3) is 4.43. The molecule has 4 rings (SSSR count). The number of fused-ring (bicyclic) bond motifs is 1. The van der Waals surface area contributed by atoms with E-state index in [1.165, 1.54) is 0 Å². The lowest BCUT2D eigenvalue weighted by molar-refractivity contribution is -0.226. The molecule has 31 heavy (non-hydrogen) atoms. The maximum Gasteiger partial charge on any atom is 0.494 e. The lowest BCUT2D eigenvalue weighted by Gasteiger charge is -2.44. The summed E-state index contributed by atoms with van der Waals surface area (Å²) in [5.74, 6) is 0.120. The topological polar surface area (TPSA) is 66.5 Å². The number of benzene rings is 1. The molecule has 0 N–H and O–H groups in total. The molecular weight excluding hydrogens is 397 g/mol. The zero-order valence-corrected chi connectivity index (χ0v) is 19.7. The summed E-state index contributed by atoms with van der Waals surface area (Å²) in [5, 5.41) is 0. The maximum absolute atomic E-state index is 12.3. The van der Waals surface area contributed by atoms with Gasteiger partial charge >= 0.3 is 13.2 Å². The molecule has 0 aliphatic carbocycles. The van der Waals surface area contributed by atoms with E-state index in [-0.39, 0.29) is 17.3 Å². The quantitative estimate of drug-likeness (QED) is 0.633. The van der Waals surface area contributed by atoms with E-state index in [9.17, 15) is 4.79 Å². The normalized spacial score (nSPS) is 24.0. The van der Waals surface area contributed by atoms with Crippen LogP contribution in [0.15, 0.2) is 18.2 Å². The highest BCUT2D eigenvalue weighted by Gasteiger charge is 2.52. The van der Waals surface area contributed by atoms with Gasteiger partial charge in [-0.1, -0.05) is 12.1 Å². The van der Waals surface area contributed by atoms with E-state index in [4.69, 9.17) is 23.5 Å². The summed E-state index contributed by atoms with van der Waals surface area (Å²) in [6.45, 7) is 15.3. The van der Waals surface area contributed by atoms with Gasteiger partial charge in [-0.3, -0.25) is 0 Å². The summed E-state index contributed by atoms with van der Waals surface area (Å²) >= 11 is 0. The maximum atomic E-state index is 12.3. The van der Waals surface area contributed by atoms with Crippen LogP contribution in [-0.4, -0.2) is 53.8 Å². The highest BCUT2D eigenvalue weighted by Crippen LogP contribution is 2.39. The molecule has 1 aromatic carbocycles. The second-order valence-electron chi connectivity index (χ2n) is 10.7. The summed E-state index contributed by atoms with van der Waals surface area (Å²) < 4.78 is 30.3. The van der Waals surface area contributed by atoms with Crippen LogP contribution in [-0.2, 0) is 25.4 Å². The third-order valence-electron chi connectivity index (χ3n) is 6.57.